The van der Waals surface area contributed by atoms with Crippen LogP contribution in [-0.2, 0) is 16.1 Å². The van der Waals surface area contributed by atoms with Crippen LogP contribution < -0.4 is 9.47 Å². The van der Waals surface area contributed by atoms with Gasteiger partial charge in [-0.15, -0.1) is 0 Å². The number of carbonyl (C=O) groups excluding carboxylic acids is 1. The summed E-state index contributed by atoms with van der Waals surface area (Å²) >= 11 is 0. The van der Waals surface area contributed by atoms with Gasteiger partial charge in [0.1, 0.15) is 12.3 Å². The fourth-order valence-electron chi connectivity index (χ4n) is 2.25. The van der Waals surface area contributed by atoms with Crippen LogP contribution in [0.15, 0.2) is 57.7 Å². The molecule has 1 aromatic carbocycles. The number of alkyl halides is 2. The molecule has 0 saturated heterocycles. The number of hydrogen-bond donors (Lipinski definition) is 0. The highest BCUT2D eigenvalue weighted by molar-refractivity contribution is 5.87. The van der Waals surface area contributed by atoms with Crippen molar-refractivity contribution in [3.8, 4) is 23.0 Å². The average molecular weight is 391 g/mol. The first-order valence-corrected chi connectivity index (χ1v) is 8.02. The Hall–Kier alpha value is -3.62. The molecule has 7 nitrogen and oxygen atoms in total. The monoisotopic (exact) mass is 391 g/mol. The zero-order valence-corrected chi connectivity index (χ0v) is 14.6. The van der Waals surface area contributed by atoms with Gasteiger partial charge in [0.25, 0.3) is 0 Å². The maximum absolute atomic E-state index is 12.3. The van der Waals surface area contributed by atoms with Gasteiger partial charge in [0, 0.05) is 12.1 Å². The summed E-state index contributed by atoms with van der Waals surface area (Å²) in [6.45, 7) is -3.05. The Morgan fingerprint density at radius 1 is 1.21 bits per heavy atom. The van der Waals surface area contributed by atoms with Crippen molar-refractivity contribution in [3.63, 3.8) is 0 Å². The highest BCUT2D eigenvalue weighted by Gasteiger charge is 2.12. The van der Waals surface area contributed by atoms with Crippen LogP contribution in [0.25, 0.3) is 17.6 Å². The minimum atomic E-state index is -2.96. The van der Waals surface area contributed by atoms with Gasteiger partial charge in [-0.1, -0.05) is 11.2 Å². The minimum Gasteiger partial charge on any atom is -0.493 e. The first kappa shape index (κ1) is 19.2. The lowest BCUT2D eigenvalue weighted by atomic mass is 10.2. The molecule has 0 amide bonds. The highest BCUT2D eigenvalue weighted by Crippen LogP contribution is 2.29. The zero-order chi connectivity index (χ0) is 19.9. The molecule has 0 N–H and O–H groups in total. The Morgan fingerprint density at radius 3 is 2.79 bits per heavy atom. The first-order valence-electron chi connectivity index (χ1n) is 8.02. The van der Waals surface area contributed by atoms with E-state index in [0.717, 1.165) is 0 Å². The van der Waals surface area contributed by atoms with Crippen LogP contribution in [0, 0.1) is 0 Å². The van der Waals surface area contributed by atoms with Gasteiger partial charge in [0.2, 0.25) is 5.76 Å². The van der Waals surface area contributed by atoms with Crippen molar-refractivity contribution in [2.24, 2.45) is 0 Å². The average Bonchev–Trinajstić information content (AvgIpc) is 3.36. The number of furan rings is 1. The van der Waals surface area contributed by atoms with Crippen molar-refractivity contribution in [1.29, 1.82) is 0 Å². The summed E-state index contributed by atoms with van der Waals surface area (Å²) in [5.41, 5.74) is 0.959. The van der Waals surface area contributed by atoms with Crippen LogP contribution in [0.2, 0.25) is 0 Å². The molecule has 3 aromatic rings. The Labute approximate surface area is 158 Å². The molecule has 0 atom stereocenters. The molecule has 0 saturated carbocycles. The van der Waals surface area contributed by atoms with Crippen molar-refractivity contribution < 1.29 is 36.7 Å². The fraction of sp³-hybridized carbons (Fsp3) is 0.158. The predicted molar refractivity (Wildman–Crippen MR) is 92.7 cm³/mol. The summed E-state index contributed by atoms with van der Waals surface area (Å²) in [4.78, 5) is 11.9. The van der Waals surface area contributed by atoms with E-state index in [1.807, 2.05) is 0 Å². The van der Waals surface area contributed by atoms with Crippen molar-refractivity contribution in [3.05, 3.63) is 60.0 Å². The Morgan fingerprint density at radius 2 is 2.07 bits per heavy atom. The van der Waals surface area contributed by atoms with Gasteiger partial charge in [0.15, 0.2) is 17.3 Å². The standard InChI is InChI=1S/C19H15F2NO6/c1-24-16-9-12(4-6-15(16)27-19(20)21)5-7-18(23)26-11-13-10-17(28-22-13)14-3-2-8-25-14/h2-10,19H,11H2,1H3/b7-5+. The van der Waals surface area contributed by atoms with E-state index in [1.165, 1.54) is 43.7 Å². The van der Waals surface area contributed by atoms with Crippen molar-refractivity contribution in [2.75, 3.05) is 7.11 Å². The topological polar surface area (TPSA) is 83.9 Å². The molecule has 3 rings (SSSR count). The number of methoxy groups -OCH3 is 1. The molecule has 146 valence electrons. The van der Waals surface area contributed by atoms with E-state index in [0.29, 0.717) is 22.8 Å². The number of nitrogens with zero attached hydrogens (tertiary/aromatic N) is 1. The normalized spacial score (nSPS) is 11.1. The number of rotatable bonds is 8. The van der Waals surface area contributed by atoms with Gasteiger partial charge < -0.3 is 23.2 Å². The third-order valence-electron chi connectivity index (χ3n) is 3.50. The van der Waals surface area contributed by atoms with Gasteiger partial charge in [-0.05, 0) is 35.9 Å². The minimum absolute atomic E-state index is 0.0854. The second-order valence-corrected chi connectivity index (χ2v) is 5.39. The SMILES string of the molecule is COc1cc(/C=C/C(=O)OCc2cc(-c3ccco3)on2)ccc1OC(F)F. The van der Waals surface area contributed by atoms with E-state index in [1.54, 1.807) is 18.2 Å². The summed E-state index contributed by atoms with van der Waals surface area (Å²) in [6.07, 6.45) is 4.15. The molecular formula is C19H15F2NO6. The number of benzene rings is 1. The lowest BCUT2D eigenvalue weighted by Crippen LogP contribution is -2.03. The Bertz CT molecular complexity index is 949. The van der Waals surface area contributed by atoms with E-state index in [9.17, 15) is 13.6 Å². The second-order valence-electron chi connectivity index (χ2n) is 5.39. The van der Waals surface area contributed by atoms with E-state index < -0.39 is 12.6 Å². The van der Waals surface area contributed by atoms with Crippen molar-refractivity contribution in [2.45, 2.75) is 13.2 Å². The number of halogens is 2. The van der Waals surface area contributed by atoms with Gasteiger partial charge >= 0.3 is 12.6 Å². The third-order valence-corrected chi connectivity index (χ3v) is 3.50. The van der Waals surface area contributed by atoms with Crippen LogP contribution in [0.3, 0.4) is 0 Å². The summed E-state index contributed by atoms with van der Waals surface area (Å²) in [7, 11) is 1.32. The molecule has 0 bridgehead atoms. The highest BCUT2D eigenvalue weighted by atomic mass is 19.3. The first-order chi connectivity index (χ1) is 13.5. The summed E-state index contributed by atoms with van der Waals surface area (Å²) < 4.78 is 49.4. The summed E-state index contributed by atoms with van der Waals surface area (Å²) in [6, 6.07) is 9.30. The van der Waals surface area contributed by atoms with E-state index >= 15 is 0 Å². The van der Waals surface area contributed by atoms with Crippen molar-refractivity contribution >= 4 is 12.0 Å². The summed E-state index contributed by atoms with van der Waals surface area (Å²) in [5, 5.41) is 3.79. The molecule has 2 aromatic heterocycles. The van der Waals surface area contributed by atoms with Crippen LogP contribution >= 0.6 is 0 Å². The molecule has 0 fully saturated rings. The lowest BCUT2D eigenvalue weighted by molar-refractivity contribution is -0.139. The maximum atomic E-state index is 12.3. The number of hydrogen-bond acceptors (Lipinski definition) is 7. The number of carbonyl (C=O) groups is 1. The lowest BCUT2D eigenvalue weighted by Gasteiger charge is -2.10. The number of aromatic nitrogens is 1. The van der Waals surface area contributed by atoms with Crippen LogP contribution in [0.4, 0.5) is 8.78 Å². The van der Waals surface area contributed by atoms with E-state index in [4.69, 9.17) is 18.4 Å². The molecule has 28 heavy (non-hydrogen) atoms. The maximum Gasteiger partial charge on any atom is 0.387 e. The van der Waals surface area contributed by atoms with Gasteiger partial charge in [0.05, 0.1) is 13.4 Å². The number of ether oxygens (including phenoxy) is 3. The molecular weight excluding hydrogens is 376 g/mol. The Balaban J connectivity index is 1.56. The molecule has 9 heteroatoms. The summed E-state index contributed by atoms with van der Waals surface area (Å²) in [5.74, 6) is 0.330. The van der Waals surface area contributed by atoms with E-state index in [-0.39, 0.29) is 18.1 Å². The molecule has 0 aliphatic heterocycles. The molecule has 2 heterocycles. The zero-order valence-electron chi connectivity index (χ0n) is 14.6. The van der Waals surface area contributed by atoms with Gasteiger partial charge in [-0.25, -0.2) is 4.79 Å². The van der Waals surface area contributed by atoms with Crippen LogP contribution in [0.5, 0.6) is 11.5 Å². The molecule has 0 aliphatic carbocycles. The van der Waals surface area contributed by atoms with Gasteiger partial charge in [-0.2, -0.15) is 8.78 Å². The second kappa shape index (κ2) is 8.85. The van der Waals surface area contributed by atoms with E-state index in [2.05, 4.69) is 9.89 Å². The number of esters is 1. The quantitative estimate of drug-likeness (QED) is 0.418. The molecule has 0 aliphatic rings. The molecule has 0 spiro atoms. The van der Waals surface area contributed by atoms with Gasteiger partial charge in [-0.3, -0.25) is 0 Å². The largest absolute Gasteiger partial charge is 0.493 e. The van der Waals surface area contributed by atoms with Crippen molar-refractivity contribution in [1.82, 2.24) is 5.16 Å². The smallest absolute Gasteiger partial charge is 0.387 e. The third kappa shape index (κ3) is 4.97. The predicted octanol–water partition coefficient (Wildman–Crippen LogP) is 4.30. The fourth-order valence-corrected chi connectivity index (χ4v) is 2.25. The Kier molecular flexibility index (Phi) is 6.05. The van der Waals surface area contributed by atoms with Crippen LogP contribution in [0.1, 0.15) is 11.3 Å². The molecule has 0 unspecified atom stereocenters. The van der Waals surface area contributed by atoms with Crippen LogP contribution in [-0.4, -0.2) is 24.8 Å². The molecule has 0 radical (unpaired) electrons.